The van der Waals surface area contributed by atoms with Gasteiger partial charge in [0.25, 0.3) is 0 Å². The summed E-state index contributed by atoms with van der Waals surface area (Å²) in [6.45, 7) is 2.25. The molecule has 11 heavy (non-hydrogen) atoms. The normalized spacial score (nSPS) is 21.7. The number of fused-ring (bicyclic) bond motifs is 1. The minimum Gasteiger partial charge on any atom is -0.508 e. The van der Waals surface area contributed by atoms with Crippen molar-refractivity contribution >= 4 is 0 Å². The molecule has 0 aliphatic heterocycles. The largest absolute Gasteiger partial charge is 0.508 e. The maximum atomic E-state index is 9.18. The van der Waals surface area contributed by atoms with Crippen molar-refractivity contribution in [3.8, 4) is 5.75 Å². The lowest BCUT2D eigenvalue weighted by Crippen LogP contribution is -1.89. The molecule has 0 radical (unpaired) electrons. The van der Waals surface area contributed by atoms with Gasteiger partial charge in [0.2, 0.25) is 0 Å². The average Bonchev–Trinajstić information content (AvgIpc) is 2.27. The van der Waals surface area contributed by atoms with Crippen LogP contribution in [0.1, 0.15) is 18.1 Å². The van der Waals surface area contributed by atoms with E-state index in [1.807, 2.05) is 12.1 Å². The van der Waals surface area contributed by atoms with Gasteiger partial charge >= 0.3 is 0 Å². The van der Waals surface area contributed by atoms with E-state index in [2.05, 4.69) is 6.92 Å². The molecule has 0 saturated heterocycles. The van der Waals surface area contributed by atoms with E-state index in [0.29, 0.717) is 5.75 Å². The SMILES string of the molecule is CC1Cc2ccc(O)cc2C1. The second kappa shape index (κ2) is 2.26. The van der Waals surface area contributed by atoms with E-state index in [4.69, 9.17) is 0 Å². The molecular formula is C10H12O. The zero-order valence-corrected chi connectivity index (χ0v) is 6.67. The van der Waals surface area contributed by atoms with Gasteiger partial charge < -0.3 is 5.11 Å². The predicted molar refractivity (Wildman–Crippen MR) is 44.7 cm³/mol. The molecule has 0 bridgehead atoms. The van der Waals surface area contributed by atoms with E-state index < -0.39 is 0 Å². The van der Waals surface area contributed by atoms with Gasteiger partial charge in [-0.3, -0.25) is 0 Å². The van der Waals surface area contributed by atoms with E-state index in [-0.39, 0.29) is 0 Å². The van der Waals surface area contributed by atoms with Gasteiger partial charge in [-0.05, 0) is 42.0 Å². The van der Waals surface area contributed by atoms with Crippen LogP contribution in [0.25, 0.3) is 0 Å². The van der Waals surface area contributed by atoms with E-state index >= 15 is 0 Å². The lowest BCUT2D eigenvalue weighted by atomic mass is 10.1. The lowest BCUT2D eigenvalue weighted by Gasteiger charge is -1.97. The van der Waals surface area contributed by atoms with Crippen LogP contribution in [0.15, 0.2) is 18.2 Å². The summed E-state index contributed by atoms with van der Waals surface area (Å²) in [6, 6.07) is 5.70. The zero-order chi connectivity index (χ0) is 7.84. The van der Waals surface area contributed by atoms with Crippen molar-refractivity contribution in [1.82, 2.24) is 0 Å². The van der Waals surface area contributed by atoms with Crippen molar-refractivity contribution in [3.63, 3.8) is 0 Å². The fourth-order valence-corrected chi connectivity index (χ4v) is 1.82. The van der Waals surface area contributed by atoms with Crippen LogP contribution in [0, 0.1) is 5.92 Å². The number of benzene rings is 1. The Morgan fingerprint density at radius 3 is 2.82 bits per heavy atom. The second-order valence-corrected chi connectivity index (χ2v) is 3.47. The van der Waals surface area contributed by atoms with Gasteiger partial charge in [-0.15, -0.1) is 0 Å². The van der Waals surface area contributed by atoms with Gasteiger partial charge in [0.15, 0.2) is 0 Å². The Morgan fingerprint density at radius 2 is 2.00 bits per heavy atom. The van der Waals surface area contributed by atoms with Crippen LogP contribution in [-0.2, 0) is 12.8 Å². The molecule has 1 atom stereocenters. The molecule has 1 heteroatoms. The van der Waals surface area contributed by atoms with E-state index in [9.17, 15) is 5.11 Å². The van der Waals surface area contributed by atoms with Crippen LogP contribution in [0.5, 0.6) is 5.75 Å². The molecule has 0 spiro atoms. The molecule has 1 aliphatic carbocycles. The lowest BCUT2D eigenvalue weighted by molar-refractivity contribution is 0.474. The molecule has 58 valence electrons. The van der Waals surface area contributed by atoms with Crippen molar-refractivity contribution < 1.29 is 5.11 Å². The van der Waals surface area contributed by atoms with E-state index in [1.54, 1.807) is 6.07 Å². The molecular weight excluding hydrogens is 136 g/mol. The third-order valence-electron chi connectivity index (χ3n) is 2.33. The van der Waals surface area contributed by atoms with Crippen LogP contribution in [-0.4, -0.2) is 5.11 Å². The minimum atomic E-state index is 0.401. The Morgan fingerprint density at radius 1 is 1.27 bits per heavy atom. The van der Waals surface area contributed by atoms with Crippen molar-refractivity contribution in [2.45, 2.75) is 19.8 Å². The summed E-state index contributed by atoms with van der Waals surface area (Å²) in [5.74, 6) is 1.16. The number of hydrogen-bond acceptors (Lipinski definition) is 1. The topological polar surface area (TPSA) is 20.2 Å². The Kier molecular flexibility index (Phi) is 1.38. The summed E-state index contributed by atoms with van der Waals surface area (Å²) in [5.41, 5.74) is 2.74. The Bertz CT molecular complexity index is 278. The first-order valence-electron chi connectivity index (χ1n) is 4.06. The fraction of sp³-hybridized carbons (Fsp3) is 0.400. The highest BCUT2D eigenvalue weighted by atomic mass is 16.3. The van der Waals surface area contributed by atoms with E-state index in [0.717, 1.165) is 12.3 Å². The summed E-state index contributed by atoms with van der Waals surface area (Å²) in [5, 5.41) is 9.18. The molecule has 0 aromatic heterocycles. The molecule has 1 unspecified atom stereocenters. The average molecular weight is 148 g/mol. The number of aromatic hydroxyl groups is 1. The van der Waals surface area contributed by atoms with Gasteiger partial charge in [-0.2, -0.15) is 0 Å². The summed E-state index contributed by atoms with van der Waals surface area (Å²) in [7, 11) is 0. The molecule has 0 saturated carbocycles. The van der Waals surface area contributed by atoms with Gasteiger partial charge in [-0.25, -0.2) is 0 Å². The number of phenols is 1. The standard InChI is InChI=1S/C10H12O/c1-7-4-8-2-3-10(11)6-9(8)5-7/h2-3,6-7,11H,4-5H2,1H3. The number of rotatable bonds is 0. The maximum absolute atomic E-state index is 9.18. The summed E-state index contributed by atoms with van der Waals surface area (Å²) < 4.78 is 0. The Balaban J connectivity index is 2.43. The molecule has 0 fully saturated rings. The van der Waals surface area contributed by atoms with Crippen molar-refractivity contribution in [2.24, 2.45) is 5.92 Å². The number of hydrogen-bond donors (Lipinski definition) is 1. The molecule has 2 rings (SSSR count). The van der Waals surface area contributed by atoms with Crippen molar-refractivity contribution in [2.75, 3.05) is 0 Å². The highest BCUT2D eigenvalue weighted by Gasteiger charge is 2.17. The summed E-state index contributed by atoms with van der Waals surface area (Å²) >= 11 is 0. The molecule has 1 nitrogen and oxygen atoms in total. The molecule has 0 heterocycles. The minimum absolute atomic E-state index is 0.401. The van der Waals surface area contributed by atoms with Crippen molar-refractivity contribution in [3.05, 3.63) is 29.3 Å². The number of phenolic OH excluding ortho intramolecular Hbond substituents is 1. The van der Waals surface area contributed by atoms with Crippen LogP contribution >= 0.6 is 0 Å². The molecule has 1 aliphatic rings. The molecule has 1 aromatic rings. The van der Waals surface area contributed by atoms with Gasteiger partial charge in [0, 0.05) is 0 Å². The van der Waals surface area contributed by atoms with Crippen molar-refractivity contribution in [1.29, 1.82) is 0 Å². The smallest absolute Gasteiger partial charge is 0.115 e. The summed E-state index contributed by atoms with van der Waals surface area (Å²) in [4.78, 5) is 0. The molecule has 1 N–H and O–H groups in total. The first-order chi connectivity index (χ1) is 5.25. The highest BCUT2D eigenvalue weighted by Crippen LogP contribution is 2.28. The van der Waals surface area contributed by atoms with Gasteiger partial charge in [0.05, 0.1) is 0 Å². The first kappa shape index (κ1) is 6.71. The highest BCUT2D eigenvalue weighted by molar-refractivity contribution is 5.38. The second-order valence-electron chi connectivity index (χ2n) is 3.47. The fourth-order valence-electron chi connectivity index (χ4n) is 1.82. The monoisotopic (exact) mass is 148 g/mol. The third-order valence-corrected chi connectivity index (χ3v) is 2.33. The zero-order valence-electron chi connectivity index (χ0n) is 6.67. The quantitative estimate of drug-likeness (QED) is 0.597. The van der Waals surface area contributed by atoms with E-state index in [1.165, 1.54) is 17.5 Å². The van der Waals surface area contributed by atoms with Gasteiger partial charge in [0.1, 0.15) is 5.75 Å². The maximum Gasteiger partial charge on any atom is 0.115 e. The van der Waals surface area contributed by atoms with Crippen LogP contribution in [0.3, 0.4) is 0 Å². The van der Waals surface area contributed by atoms with Gasteiger partial charge in [-0.1, -0.05) is 13.0 Å². The molecule has 0 amide bonds. The van der Waals surface area contributed by atoms with Crippen LogP contribution in [0.2, 0.25) is 0 Å². The predicted octanol–water partition coefficient (Wildman–Crippen LogP) is 2.13. The Labute approximate surface area is 66.7 Å². The van der Waals surface area contributed by atoms with Crippen LogP contribution < -0.4 is 0 Å². The van der Waals surface area contributed by atoms with Crippen LogP contribution in [0.4, 0.5) is 0 Å². The Hall–Kier alpha value is -0.980. The first-order valence-corrected chi connectivity index (χ1v) is 4.06. The third kappa shape index (κ3) is 1.11. The summed E-state index contributed by atoms with van der Waals surface area (Å²) in [6.07, 6.45) is 2.30. The molecule has 1 aromatic carbocycles.